The third-order valence-electron chi connectivity index (χ3n) is 3.09. The van der Waals surface area contributed by atoms with Gasteiger partial charge >= 0.3 is 0 Å². The smallest absolute Gasteiger partial charge is 0.229 e. The van der Waals surface area contributed by atoms with E-state index in [4.69, 9.17) is 4.74 Å². The van der Waals surface area contributed by atoms with Crippen molar-refractivity contribution in [1.82, 2.24) is 9.97 Å². The Hall–Kier alpha value is -0.840. The second-order valence-corrected chi connectivity index (χ2v) is 5.00. The molecule has 1 aromatic heterocycles. The van der Waals surface area contributed by atoms with E-state index < -0.39 is 0 Å². The predicted octanol–water partition coefficient (Wildman–Crippen LogP) is 2.55. The molecule has 1 aromatic rings. The number of nitrogens with zero attached hydrogens (tertiary/aromatic N) is 3. The van der Waals surface area contributed by atoms with Crippen molar-refractivity contribution in [3.8, 4) is 5.88 Å². The summed E-state index contributed by atoms with van der Waals surface area (Å²) in [6, 6.07) is 2.35. The summed E-state index contributed by atoms with van der Waals surface area (Å²) < 4.78 is 5.21. The number of hydrogen-bond donors (Lipinski definition) is 0. The standard InChI is InChI=1S/C12H18BrN3O/c1-9-7-11(17-2)15-12(14-9)16-6-4-3-5-10(16)8-13/h7,10H,3-6,8H2,1-2H3. The number of aromatic nitrogens is 2. The van der Waals surface area contributed by atoms with Crippen LogP contribution in [0.3, 0.4) is 0 Å². The molecule has 1 saturated heterocycles. The summed E-state index contributed by atoms with van der Waals surface area (Å²) in [6.45, 7) is 3.00. The van der Waals surface area contributed by atoms with Crippen LogP contribution >= 0.6 is 15.9 Å². The van der Waals surface area contributed by atoms with Crippen molar-refractivity contribution in [3.63, 3.8) is 0 Å². The quantitative estimate of drug-likeness (QED) is 0.804. The zero-order chi connectivity index (χ0) is 12.3. The van der Waals surface area contributed by atoms with Gasteiger partial charge in [-0.2, -0.15) is 4.98 Å². The van der Waals surface area contributed by atoms with Gasteiger partial charge in [-0.3, -0.25) is 0 Å². The largest absolute Gasteiger partial charge is 0.481 e. The number of anilines is 1. The fourth-order valence-electron chi connectivity index (χ4n) is 2.18. The van der Waals surface area contributed by atoms with Crippen LogP contribution in [0.4, 0.5) is 5.95 Å². The normalized spacial score (nSPS) is 20.4. The summed E-state index contributed by atoms with van der Waals surface area (Å²) in [5, 5.41) is 0.965. The molecule has 1 unspecified atom stereocenters. The van der Waals surface area contributed by atoms with Crippen molar-refractivity contribution in [2.75, 3.05) is 23.9 Å². The van der Waals surface area contributed by atoms with Gasteiger partial charge in [0, 0.05) is 29.7 Å². The van der Waals surface area contributed by atoms with Crippen LogP contribution in [-0.4, -0.2) is 35.0 Å². The zero-order valence-corrected chi connectivity index (χ0v) is 11.9. The van der Waals surface area contributed by atoms with Gasteiger partial charge < -0.3 is 9.64 Å². The van der Waals surface area contributed by atoms with Crippen molar-refractivity contribution in [2.24, 2.45) is 0 Å². The summed E-state index contributed by atoms with van der Waals surface area (Å²) in [6.07, 6.45) is 3.70. The van der Waals surface area contributed by atoms with Gasteiger partial charge in [-0.15, -0.1) is 0 Å². The topological polar surface area (TPSA) is 38.2 Å². The van der Waals surface area contributed by atoms with Crippen LogP contribution in [0.5, 0.6) is 5.88 Å². The molecular weight excluding hydrogens is 282 g/mol. The number of piperidine rings is 1. The number of hydrogen-bond acceptors (Lipinski definition) is 4. The first-order valence-corrected chi connectivity index (χ1v) is 7.09. The first kappa shape index (κ1) is 12.6. The minimum atomic E-state index is 0.496. The van der Waals surface area contributed by atoms with Crippen molar-refractivity contribution >= 4 is 21.9 Å². The summed E-state index contributed by atoms with van der Waals surface area (Å²) in [4.78, 5) is 11.2. The molecule has 0 spiro atoms. The van der Waals surface area contributed by atoms with Crippen molar-refractivity contribution in [1.29, 1.82) is 0 Å². The highest BCUT2D eigenvalue weighted by Gasteiger charge is 2.24. The SMILES string of the molecule is COc1cc(C)nc(N2CCCCC2CBr)n1. The highest BCUT2D eigenvalue weighted by molar-refractivity contribution is 9.09. The van der Waals surface area contributed by atoms with Gasteiger partial charge in [0.1, 0.15) is 0 Å². The lowest BCUT2D eigenvalue weighted by Gasteiger charge is -2.34. The van der Waals surface area contributed by atoms with Gasteiger partial charge in [0.05, 0.1) is 7.11 Å². The molecule has 1 aliphatic heterocycles. The Morgan fingerprint density at radius 2 is 2.29 bits per heavy atom. The number of aryl methyl sites for hydroxylation is 1. The minimum absolute atomic E-state index is 0.496. The highest BCUT2D eigenvalue weighted by Crippen LogP contribution is 2.24. The zero-order valence-electron chi connectivity index (χ0n) is 10.3. The molecule has 0 N–H and O–H groups in total. The van der Waals surface area contributed by atoms with Crippen molar-refractivity contribution in [3.05, 3.63) is 11.8 Å². The van der Waals surface area contributed by atoms with E-state index in [9.17, 15) is 0 Å². The Balaban J connectivity index is 2.27. The molecule has 0 radical (unpaired) electrons. The Morgan fingerprint density at radius 1 is 1.47 bits per heavy atom. The first-order chi connectivity index (χ1) is 8.24. The maximum absolute atomic E-state index is 5.21. The van der Waals surface area contributed by atoms with E-state index in [0.717, 1.165) is 23.5 Å². The van der Waals surface area contributed by atoms with Crippen LogP contribution in [0.2, 0.25) is 0 Å². The molecule has 0 amide bonds. The van der Waals surface area contributed by atoms with Crippen LogP contribution in [0, 0.1) is 6.92 Å². The molecule has 4 nitrogen and oxygen atoms in total. The molecule has 0 saturated carbocycles. The first-order valence-electron chi connectivity index (χ1n) is 5.97. The number of rotatable bonds is 3. The summed E-state index contributed by atoms with van der Waals surface area (Å²) in [5.74, 6) is 1.44. The molecule has 1 aliphatic rings. The monoisotopic (exact) mass is 299 g/mol. The van der Waals surface area contributed by atoms with Crippen LogP contribution < -0.4 is 9.64 Å². The van der Waals surface area contributed by atoms with Crippen molar-refractivity contribution < 1.29 is 4.74 Å². The van der Waals surface area contributed by atoms with E-state index >= 15 is 0 Å². The average molecular weight is 300 g/mol. The lowest BCUT2D eigenvalue weighted by Crippen LogP contribution is -2.41. The van der Waals surface area contributed by atoms with E-state index in [0.29, 0.717) is 11.9 Å². The van der Waals surface area contributed by atoms with E-state index in [1.165, 1.54) is 19.3 Å². The van der Waals surface area contributed by atoms with E-state index in [-0.39, 0.29) is 0 Å². The molecular formula is C12H18BrN3O. The van der Waals surface area contributed by atoms with Crippen molar-refractivity contribution in [2.45, 2.75) is 32.2 Å². The van der Waals surface area contributed by atoms with Gasteiger partial charge in [-0.05, 0) is 26.2 Å². The van der Waals surface area contributed by atoms with E-state index in [1.54, 1.807) is 7.11 Å². The molecule has 1 atom stereocenters. The molecule has 5 heteroatoms. The fraction of sp³-hybridized carbons (Fsp3) is 0.667. The Bertz CT molecular complexity index is 386. The van der Waals surface area contributed by atoms with Crippen LogP contribution in [0.15, 0.2) is 6.07 Å². The third-order valence-corrected chi connectivity index (χ3v) is 3.84. The average Bonchev–Trinajstić information content (AvgIpc) is 2.37. The Kier molecular flexibility index (Phi) is 4.20. The maximum atomic E-state index is 5.21. The number of halogens is 1. The number of methoxy groups -OCH3 is 1. The van der Waals surface area contributed by atoms with Crippen LogP contribution in [-0.2, 0) is 0 Å². The summed E-state index contributed by atoms with van der Waals surface area (Å²) >= 11 is 3.57. The second-order valence-electron chi connectivity index (χ2n) is 4.35. The van der Waals surface area contributed by atoms with E-state index in [2.05, 4.69) is 30.8 Å². The van der Waals surface area contributed by atoms with Gasteiger partial charge in [0.2, 0.25) is 11.8 Å². The van der Waals surface area contributed by atoms with Gasteiger partial charge in [0.15, 0.2) is 0 Å². The molecule has 1 fully saturated rings. The highest BCUT2D eigenvalue weighted by atomic mass is 79.9. The van der Waals surface area contributed by atoms with E-state index in [1.807, 2.05) is 13.0 Å². The molecule has 17 heavy (non-hydrogen) atoms. The molecule has 0 aromatic carbocycles. The Labute approximate surface area is 111 Å². The van der Waals surface area contributed by atoms with Gasteiger partial charge in [-0.25, -0.2) is 4.98 Å². The molecule has 2 rings (SSSR count). The molecule has 94 valence electrons. The maximum Gasteiger partial charge on any atom is 0.229 e. The van der Waals surface area contributed by atoms with Gasteiger partial charge in [0.25, 0.3) is 0 Å². The summed E-state index contributed by atoms with van der Waals surface area (Å²) in [5.41, 5.74) is 0.950. The lowest BCUT2D eigenvalue weighted by molar-refractivity contribution is 0.394. The molecule has 0 aliphatic carbocycles. The molecule has 2 heterocycles. The minimum Gasteiger partial charge on any atom is -0.481 e. The summed E-state index contributed by atoms with van der Waals surface area (Å²) in [7, 11) is 1.64. The third kappa shape index (κ3) is 2.89. The van der Waals surface area contributed by atoms with Gasteiger partial charge in [-0.1, -0.05) is 15.9 Å². The fourth-order valence-corrected chi connectivity index (χ4v) is 2.86. The predicted molar refractivity (Wildman–Crippen MR) is 72.1 cm³/mol. The Morgan fingerprint density at radius 3 is 3.00 bits per heavy atom. The number of ether oxygens (including phenoxy) is 1. The lowest BCUT2D eigenvalue weighted by atomic mass is 10.0. The second kappa shape index (κ2) is 5.67. The van der Waals surface area contributed by atoms with Crippen LogP contribution in [0.25, 0.3) is 0 Å². The number of alkyl halides is 1. The van der Waals surface area contributed by atoms with Crippen LogP contribution in [0.1, 0.15) is 25.0 Å². The molecule has 0 bridgehead atoms.